The van der Waals surface area contributed by atoms with Crippen molar-refractivity contribution in [1.29, 1.82) is 0 Å². The number of furan rings is 1. The zero-order chi connectivity index (χ0) is 33.5. The van der Waals surface area contributed by atoms with Crippen LogP contribution in [0.1, 0.15) is 29.0 Å². The zero-order valence-electron chi connectivity index (χ0n) is 27.3. The van der Waals surface area contributed by atoms with E-state index in [0.29, 0.717) is 0 Å². The predicted molar refractivity (Wildman–Crippen MR) is 216 cm³/mol. The smallest absolute Gasteiger partial charge is 0.136 e. The number of aliphatic imine (C=N–C) groups is 1. The summed E-state index contributed by atoms with van der Waals surface area (Å²) in [7, 11) is 0. The van der Waals surface area contributed by atoms with Gasteiger partial charge in [0.25, 0.3) is 0 Å². The van der Waals surface area contributed by atoms with E-state index in [1.807, 2.05) is 22.7 Å². The molecule has 51 heavy (non-hydrogen) atoms. The highest BCUT2D eigenvalue weighted by Crippen LogP contribution is 2.42. The molecule has 0 radical (unpaired) electrons. The standard InChI is InChI=1S/C45H29N3OS2/c1-2-10-26(11-3-1)43-46-44(48-45(47-43)34-16-9-19-40-41(34)33-13-5-7-18-39(33)50-40)28-21-23-36-35(24-28)30-22-20-27(25-37(30)49-36)29-14-8-15-32-31-12-4-6-17-38(31)51-42(29)32/h1-25,43-44,46H,(H,47,48). The normalized spacial score (nSPS) is 16.4. The van der Waals surface area contributed by atoms with Crippen molar-refractivity contribution in [3.8, 4) is 11.1 Å². The van der Waals surface area contributed by atoms with Crippen LogP contribution < -0.4 is 10.6 Å². The van der Waals surface area contributed by atoms with Crippen molar-refractivity contribution in [2.45, 2.75) is 12.3 Å². The Morgan fingerprint density at radius 2 is 1.25 bits per heavy atom. The number of rotatable bonds is 4. The third-order valence-electron chi connectivity index (χ3n) is 10.2. The molecule has 2 N–H and O–H groups in total. The number of fused-ring (bicyclic) bond motifs is 9. The van der Waals surface area contributed by atoms with E-state index in [-0.39, 0.29) is 12.3 Å². The van der Waals surface area contributed by atoms with E-state index < -0.39 is 0 Å². The molecule has 6 heteroatoms. The molecule has 1 aliphatic rings. The van der Waals surface area contributed by atoms with Crippen LogP contribution in [0.3, 0.4) is 0 Å². The molecule has 0 saturated carbocycles. The van der Waals surface area contributed by atoms with Crippen LogP contribution in [0.15, 0.2) is 161 Å². The second-order valence-corrected chi connectivity index (χ2v) is 15.3. The fourth-order valence-corrected chi connectivity index (χ4v) is 10.1. The van der Waals surface area contributed by atoms with Crippen molar-refractivity contribution in [3.05, 3.63) is 168 Å². The van der Waals surface area contributed by atoms with Gasteiger partial charge in [-0.05, 0) is 64.7 Å². The second kappa shape index (κ2) is 11.4. The Morgan fingerprint density at radius 3 is 2.16 bits per heavy atom. The highest BCUT2D eigenvalue weighted by molar-refractivity contribution is 7.26. The summed E-state index contributed by atoms with van der Waals surface area (Å²) in [5, 5.41) is 14.9. The van der Waals surface area contributed by atoms with E-state index in [2.05, 4.69) is 162 Å². The fourth-order valence-electron chi connectivity index (χ4n) is 7.76. The molecule has 0 bridgehead atoms. The van der Waals surface area contributed by atoms with Crippen molar-refractivity contribution >= 4 is 90.8 Å². The van der Waals surface area contributed by atoms with Crippen LogP contribution in [-0.4, -0.2) is 5.84 Å². The van der Waals surface area contributed by atoms with Gasteiger partial charge < -0.3 is 9.73 Å². The van der Waals surface area contributed by atoms with E-state index >= 15 is 0 Å². The number of thiophene rings is 2. The Labute approximate surface area is 301 Å². The topological polar surface area (TPSA) is 49.6 Å². The molecule has 2 unspecified atom stereocenters. The van der Waals surface area contributed by atoms with Crippen LogP contribution in [0, 0.1) is 0 Å². The van der Waals surface area contributed by atoms with E-state index in [1.54, 1.807) is 0 Å². The highest BCUT2D eigenvalue weighted by atomic mass is 32.1. The lowest BCUT2D eigenvalue weighted by atomic mass is 10.0. The summed E-state index contributed by atoms with van der Waals surface area (Å²) in [4.78, 5) is 5.38. The first-order valence-electron chi connectivity index (χ1n) is 17.2. The van der Waals surface area contributed by atoms with Crippen LogP contribution in [0.25, 0.3) is 73.4 Å². The maximum atomic E-state index is 6.53. The van der Waals surface area contributed by atoms with Gasteiger partial charge in [0.15, 0.2) is 0 Å². The van der Waals surface area contributed by atoms with Gasteiger partial charge in [-0.2, -0.15) is 0 Å². The molecule has 3 aromatic heterocycles. The Kier molecular flexibility index (Phi) is 6.46. The van der Waals surface area contributed by atoms with Gasteiger partial charge in [0, 0.05) is 56.7 Å². The maximum Gasteiger partial charge on any atom is 0.136 e. The molecule has 1 aliphatic heterocycles. The predicted octanol–water partition coefficient (Wildman–Crippen LogP) is 12.3. The molecule has 242 valence electrons. The summed E-state index contributed by atoms with van der Waals surface area (Å²) in [6.45, 7) is 0. The molecule has 0 saturated heterocycles. The molecular formula is C45H29N3OS2. The number of nitrogens with one attached hydrogen (secondary N) is 2. The van der Waals surface area contributed by atoms with E-state index in [0.717, 1.165) is 50.0 Å². The third-order valence-corrected chi connectivity index (χ3v) is 12.5. The van der Waals surface area contributed by atoms with Crippen molar-refractivity contribution in [1.82, 2.24) is 10.6 Å². The molecule has 0 fully saturated rings. The lowest BCUT2D eigenvalue weighted by Gasteiger charge is -2.32. The highest BCUT2D eigenvalue weighted by Gasteiger charge is 2.27. The maximum absolute atomic E-state index is 6.53. The zero-order valence-corrected chi connectivity index (χ0v) is 28.9. The second-order valence-electron chi connectivity index (χ2n) is 13.2. The van der Waals surface area contributed by atoms with Gasteiger partial charge in [-0.25, -0.2) is 4.99 Å². The molecule has 11 rings (SSSR count). The average molecular weight is 692 g/mol. The molecular weight excluding hydrogens is 663 g/mol. The lowest BCUT2D eigenvalue weighted by molar-refractivity contribution is 0.409. The summed E-state index contributed by atoms with van der Waals surface area (Å²) in [6, 6.07) is 54.2. The summed E-state index contributed by atoms with van der Waals surface area (Å²) in [5.41, 5.74) is 7.52. The Balaban J connectivity index is 1.03. The Hall–Kier alpha value is -5.79. The van der Waals surface area contributed by atoms with Gasteiger partial charge in [0.1, 0.15) is 29.3 Å². The van der Waals surface area contributed by atoms with Crippen molar-refractivity contribution in [2.24, 2.45) is 4.99 Å². The molecule has 10 aromatic rings. The van der Waals surface area contributed by atoms with Gasteiger partial charge >= 0.3 is 0 Å². The number of amidine groups is 1. The summed E-state index contributed by atoms with van der Waals surface area (Å²) in [6.07, 6.45) is -0.398. The number of benzene rings is 7. The van der Waals surface area contributed by atoms with Gasteiger partial charge in [-0.1, -0.05) is 109 Å². The van der Waals surface area contributed by atoms with Crippen LogP contribution in [0.2, 0.25) is 0 Å². The molecule has 4 heterocycles. The first kappa shape index (κ1) is 29.0. The van der Waals surface area contributed by atoms with Crippen molar-refractivity contribution in [3.63, 3.8) is 0 Å². The minimum atomic E-state index is -0.272. The van der Waals surface area contributed by atoms with E-state index in [9.17, 15) is 0 Å². The summed E-state index contributed by atoms with van der Waals surface area (Å²) in [5.74, 6) is 0.888. The molecule has 4 nitrogen and oxygen atoms in total. The SMILES string of the molecule is c1ccc(C2NC(c3cccc4sc5ccccc5c34)=NC(c3ccc4oc5cc(-c6cccc7c6sc6ccccc67)ccc5c4c3)N2)cc1. The van der Waals surface area contributed by atoms with Crippen LogP contribution in [-0.2, 0) is 0 Å². The fraction of sp³-hybridized carbons (Fsp3) is 0.0444. The number of hydrogen-bond donors (Lipinski definition) is 2. The van der Waals surface area contributed by atoms with Gasteiger partial charge in [-0.15, -0.1) is 22.7 Å². The minimum absolute atomic E-state index is 0.125. The molecule has 0 aliphatic carbocycles. The first-order valence-corrected chi connectivity index (χ1v) is 18.8. The molecule has 0 amide bonds. The minimum Gasteiger partial charge on any atom is -0.456 e. The van der Waals surface area contributed by atoms with Crippen LogP contribution in [0.5, 0.6) is 0 Å². The first-order chi connectivity index (χ1) is 25.2. The monoisotopic (exact) mass is 691 g/mol. The molecule has 7 aromatic carbocycles. The largest absolute Gasteiger partial charge is 0.456 e. The summed E-state index contributed by atoms with van der Waals surface area (Å²) >= 11 is 3.69. The van der Waals surface area contributed by atoms with E-state index in [4.69, 9.17) is 9.41 Å². The Morgan fingerprint density at radius 1 is 0.510 bits per heavy atom. The van der Waals surface area contributed by atoms with Gasteiger partial charge in [0.05, 0.1) is 0 Å². The Bertz CT molecular complexity index is 3010. The van der Waals surface area contributed by atoms with Crippen LogP contribution in [0.4, 0.5) is 0 Å². The third kappa shape index (κ3) is 4.65. The van der Waals surface area contributed by atoms with Crippen molar-refractivity contribution < 1.29 is 4.42 Å². The average Bonchev–Trinajstić information content (AvgIpc) is 3.88. The number of hydrogen-bond acceptors (Lipinski definition) is 6. The number of nitrogens with zero attached hydrogens (tertiary/aromatic N) is 1. The van der Waals surface area contributed by atoms with Crippen LogP contribution >= 0.6 is 22.7 Å². The van der Waals surface area contributed by atoms with Gasteiger partial charge in [-0.3, -0.25) is 5.32 Å². The quantitative estimate of drug-likeness (QED) is 0.193. The van der Waals surface area contributed by atoms with Crippen molar-refractivity contribution in [2.75, 3.05) is 0 Å². The molecule has 2 atom stereocenters. The molecule has 0 spiro atoms. The van der Waals surface area contributed by atoms with Gasteiger partial charge in [0.2, 0.25) is 0 Å². The lowest BCUT2D eigenvalue weighted by Crippen LogP contribution is -2.45. The van der Waals surface area contributed by atoms with E-state index in [1.165, 1.54) is 45.9 Å². The summed E-state index contributed by atoms with van der Waals surface area (Å²) < 4.78 is 11.7.